The SMILES string of the molecule is C[C@H](OS)c1cccc(N2CCNCC2)c1. The summed E-state index contributed by atoms with van der Waals surface area (Å²) in [5, 5.41) is 3.35. The van der Waals surface area contributed by atoms with Gasteiger partial charge >= 0.3 is 0 Å². The van der Waals surface area contributed by atoms with Gasteiger partial charge < -0.3 is 14.4 Å². The minimum atomic E-state index is 0.0335. The van der Waals surface area contributed by atoms with Crippen LogP contribution in [-0.2, 0) is 4.18 Å². The largest absolute Gasteiger partial charge is 0.369 e. The Morgan fingerprint density at radius 1 is 1.38 bits per heavy atom. The summed E-state index contributed by atoms with van der Waals surface area (Å²) in [6.45, 7) is 6.26. The van der Waals surface area contributed by atoms with Gasteiger partial charge in [0.2, 0.25) is 0 Å². The zero-order chi connectivity index (χ0) is 11.4. The van der Waals surface area contributed by atoms with Gasteiger partial charge in [0.05, 0.1) is 6.10 Å². The Kier molecular flexibility index (Phi) is 4.09. The Balaban J connectivity index is 2.14. The van der Waals surface area contributed by atoms with Crippen LogP contribution >= 0.6 is 12.9 Å². The lowest BCUT2D eigenvalue weighted by molar-refractivity contribution is 0.279. The highest BCUT2D eigenvalue weighted by Crippen LogP contribution is 2.23. The van der Waals surface area contributed by atoms with Crippen LogP contribution in [0.1, 0.15) is 18.6 Å². The number of nitrogens with one attached hydrogen (secondary N) is 1. The standard InChI is InChI=1S/C12H18N2OS/c1-10(15-16)11-3-2-4-12(9-11)14-7-5-13-6-8-14/h2-4,9-10,13,16H,5-8H2,1H3/t10-/m0/s1. The Bertz CT molecular complexity index is 340. The highest BCUT2D eigenvalue weighted by Gasteiger charge is 2.12. The van der Waals surface area contributed by atoms with Crippen molar-refractivity contribution in [3.05, 3.63) is 29.8 Å². The summed E-state index contributed by atoms with van der Waals surface area (Å²) in [6, 6.07) is 8.49. The maximum atomic E-state index is 5.04. The zero-order valence-electron chi connectivity index (χ0n) is 9.52. The van der Waals surface area contributed by atoms with Crippen molar-refractivity contribution in [2.24, 2.45) is 0 Å². The van der Waals surface area contributed by atoms with Gasteiger partial charge in [0.1, 0.15) is 0 Å². The van der Waals surface area contributed by atoms with E-state index in [-0.39, 0.29) is 6.10 Å². The Labute approximate surface area is 102 Å². The van der Waals surface area contributed by atoms with Crippen LogP contribution in [0.25, 0.3) is 0 Å². The summed E-state index contributed by atoms with van der Waals surface area (Å²) < 4.78 is 5.04. The van der Waals surface area contributed by atoms with Crippen molar-refractivity contribution >= 4 is 18.6 Å². The van der Waals surface area contributed by atoms with Gasteiger partial charge in [0.25, 0.3) is 0 Å². The monoisotopic (exact) mass is 238 g/mol. The van der Waals surface area contributed by atoms with Crippen molar-refractivity contribution in [3.63, 3.8) is 0 Å². The molecule has 1 fully saturated rings. The Hall–Kier alpha value is -0.710. The van der Waals surface area contributed by atoms with Crippen molar-refractivity contribution in [2.75, 3.05) is 31.1 Å². The predicted octanol–water partition coefficient (Wildman–Crippen LogP) is 2.02. The highest BCUT2D eigenvalue weighted by atomic mass is 32.1. The van der Waals surface area contributed by atoms with Crippen LogP contribution in [-0.4, -0.2) is 26.2 Å². The van der Waals surface area contributed by atoms with Crippen LogP contribution in [0.4, 0.5) is 5.69 Å². The van der Waals surface area contributed by atoms with Crippen molar-refractivity contribution in [1.82, 2.24) is 5.32 Å². The molecule has 0 radical (unpaired) electrons. The van der Waals surface area contributed by atoms with E-state index in [4.69, 9.17) is 4.18 Å². The number of hydrogen-bond donors (Lipinski definition) is 2. The van der Waals surface area contributed by atoms with E-state index in [9.17, 15) is 0 Å². The smallest absolute Gasteiger partial charge is 0.0941 e. The van der Waals surface area contributed by atoms with Gasteiger partial charge in [0, 0.05) is 31.9 Å². The second-order valence-electron chi connectivity index (χ2n) is 4.08. The van der Waals surface area contributed by atoms with Crippen molar-refractivity contribution in [2.45, 2.75) is 13.0 Å². The molecule has 1 aromatic carbocycles. The molecule has 0 amide bonds. The van der Waals surface area contributed by atoms with Crippen LogP contribution in [0.2, 0.25) is 0 Å². The predicted molar refractivity (Wildman–Crippen MR) is 70.0 cm³/mol. The fraction of sp³-hybridized carbons (Fsp3) is 0.500. The first-order chi connectivity index (χ1) is 7.81. The number of nitrogens with zero attached hydrogens (tertiary/aromatic N) is 1. The summed E-state index contributed by atoms with van der Waals surface area (Å²) in [5.74, 6) is 0. The molecule has 2 rings (SSSR count). The molecule has 0 saturated carbocycles. The minimum absolute atomic E-state index is 0.0335. The fourth-order valence-electron chi connectivity index (χ4n) is 1.96. The van der Waals surface area contributed by atoms with Gasteiger partial charge in [-0.1, -0.05) is 12.1 Å². The Morgan fingerprint density at radius 3 is 2.81 bits per heavy atom. The van der Waals surface area contributed by atoms with Crippen molar-refractivity contribution < 1.29 is 4.18 Å². The number of rotatable bonds is 3. The molecule has 1 aliphatic rings. The van der Waals surface area contributed by atoms with Gasteiger partial charge in [-0.2, -0.15) is 0 Å². The lowest BCUT2D eigenvalue weighted by Gasteiger charge is -2.30. The number of piperazine rings is 1. The van der Waals surface area contributed by atoms with E-state index in [1.165, 1.54) is 11.3 Å². The van der Waals surface area contributed by atoms with Crippen LogP contribution in [0, 0.1) is 0 Å². The molecule has 1 aliphatic heterocycles. The highest BCUT2D eigenvalue weighted by molar-refractivity contribution is 7.75. The topological polar surface area (TPSA) is 24.5 Å². The molecule has 1 aromatic rings. The molecular formula is C12H18N2OS. The molecule has 3 nitrogen and oxygen atoms in total. The first-order valence-electron chi connectivity index (χ1n) is 5.67. The summed E-state index contributed by atoms with van der Waals surface area (Å²) in [6.07, 6.45) is 0.0335. The quantitative estimate of drug-likeness (QED) is 0.622. The molecule has 16 heavy (non-hydrogen) atoms. The molecule has 4 heteroatoms. The number of thiol groups is 1. The summed E-state index contributed by atoms with van der Waals surface area (Å²) in [5.41, 5.74) is 2.45. The van der Waals surface area contributed by atoms with Crippen LogP contribution in [0.3, 0.4) is 0 Å². The van der Waals surface area contributed by atoms with Crippen LogP contribution in [0.5, 0.6) is 0 Å². The lowest BCUT2D eigenvalue weighted by atomic mass is 10.1. The fourth-order valence-corrected chi connectivity index (χ4v) is 2.08. The van der Waals surface area contributed by atoms with Crippen molar-refractivity contribution in [3.8, 4) is 0 Å². The second kappa shape index (κ2) is 5.57. The third-order valence-corrected chi connectivity index (χ3v) is 3.30. The van der Waals surface area contributed by atoms with E-state index in [0.717, 1.165) is 26.2 Å². The van der Waals surface area contributed by atoms with Gasteiger partial charge in [-0.05, 0) is 37.5 Å². The summed E-state index contributed by atoms with van der Waals surface area (Å²) >= 11 is 3.86. The molecule has 0 spiro atoms. The molecule has 1 N–H and O–H groups in total. The average molecular weight is 238 g/mol. The van der Waals surface area contributed by atoms with E-state index < -0.39 is 0 Å². The van der Waals surface area contributed by atoms with E-state index in [2.05, 4.69) is 47.4 Å². The minimum Gasteiger partial charge on any atom is -0.369 e. The molecule has 1 saturated heterocycles. The molecule has 1 heterocycles. The van der Waals surface area contributed by atoms with E-state index >= 15 is 0 Å². The number of benzene rings is 1. The van der Waals surface area contributed by atoms with E-state index in [1.807, 2.05) is 6.92 Å². The molecule has 0 bridgehead atoms. The number of hydrogen-bond acceptors (Lipinski definition) is 4. The van der Waals surface area contributed by atoms with Crippen LogP contribution < -0.4 is 10.2 Å². The normalized spacial score (nSPS) is 18.5. The summed E-state index contributed by atoms with van der Waals surface area (Å²) in [4.78, 5) is 2.39. The van der Waals surface area contributed by atoms with Gasteiger partial charge in [-0.15, -0.1) is 0 Å². The average Bonchev–Trinajstić information content (AvgIpc) is 2.39. The third kappa shape index (κ3) is 2.70. The zero-order valence-corrected chi connectivity index (χ0v) is 10.4. The summed E-state index contributed by atoms with van der Waals surface area (Å²) in [7, 11) is 0. The lowest BCUT2D eigenvalue weighted by Crippen LogP contribution is -2.43. The third-order valence-electron chi connectivity index (χ3n) is 2.98. The maximum Gasteiger partial charge on any atom is 0.0941 e. The van der Waals surface area contributed by atoms with Crippen LogP contribution in [0.15, 0.2) is 24.3 Å². The maximum absolute atomic E-state index is 5.04. The van der Waals surface area contributed by atoms with E-state index in [1.54, 1.807) is 0 Å². The molecule has 0 aromatic heterocycles. The molecular weight excluding hydrogens is 220 g/mol. The molecule has 1 atom stereocenters. The molecule has 0 aliphatic carbocycles. The second-order valence-corrected chi connectivity index (χ2v) is 4.29. The van der Waals surface area contributed by atoms with Gasteiger partial charge in [-0.25, -0.2) is 0 Å². The number of anilines is 1. The van der Waals surface area contributed by atoms with Crippen molar-refractivity contribution in [1.29, 1.82) is 0 Å². The molecule has 88 valence electrons. The first-order valence-corrected chi connectivity index (χ1v) is 6.03. The van der Waals surface area contributed by atoms with E-state index in [0.29, 0.717) is 0 Å². The first kappa shape index (κ1) is 11.8. The van der Waals surface area contributed by atoms with Gasteiger partial charge in [-0.3, -0.25) is 0 Å². The Morgan fingerprint density at radius 2 is 2.12 bits per heavy atom. The molecule has 0 unspecified atom stereocenters. The van der Waals surface area contributed by atoms with Gasteiger partial charge in [0.15, 0.2) is 0 Å².